The van der Waals surface area contributed by atoms with E-state index in [1.165, 1.54) is 0 Å². The highest BCUT2D eigenvalue weighted by Gasteiger charge is 2.14. The summed E-state index contributed by atoms with van der Waals surface area (Å²) < 4.78 is 5.42. The minimum absolute atomic E-state index is 0.0362. The van der Waals surface area contributed by atoms with Crippen LogP contribution in [0.25, 0.3) is 0 Å². The van der Waals surface area contributed by atoms with E-state index in [9.17, 15) is 4.79 Å². The highest BCUT2D eigenvalue weighted by molar-refractivity contribution is 5.73. The average molecular weight is 239 g/mol. The van der Waals surface area contributed by atoms with Crippen LogP contribution in [0.2, 0.25) is 0 Å². The van der Waals surface area contributed by atoms with E-state index >= 15 is 0 Å². The Hall–Kier alpha value is -1.59. The van der Waals surface area contributed by atoms with Gasteiger partial charge in [0.15, 0.2) is 0 Å². The lowest BCUT2D eigenvalue weighted by Crippen LogP contribution is -2.35. The van der Waals surface area contributed by atoms with Crippen LogP contribution in [-0.4, -0.2) is 35.9 Å². The zero-order valence-corrected chi connectivity index (χ0v) is 9.72. The molecule has 0 saturated heterocycles. The Labute approximate surface area is 100 Å². The van der Waals surface area contributed by atoms with Crippen LogP contribution >= 0.6 is 0 Å². The van der Waals surface area contributed by atoms with E-state index in [0.29, 0.717) is 18.8 Å². The van der Waals surface area contributed by atoms with Crippen LogP contribution < -0.4 is 10.1 Å². The molecule has 0 spiro atoms. The Bertz CT molecular complexity index is 367. The average Bonchev–Trinajstić information content (AvgIpc) is 2.34. The topological polar surface area (TPSA) is 78.8 Å². The number of likely N-dealkylation sites (N-methyl/N-ethyl adjacent to an activating group) is 1. The second-order valence-electron chi connectivity index (χ2n) is 3.62. The van der Waals surface area contributed by atoms with E-state index in [1.54, 1.807) is 31.3 Å². The summed E-state index contributed by atoms with van der Waals surface area (Å²) in [5.74, 6) is -0.253. The molecule has 0 aliphatic rings. The van der Waals surface area contributed by atoms with E-state index < -0.39 is 12.0 Å². The number of hydrogen-bond donors (Lipinski definition) is 3. The molecule has 1 aromatic carbocycles. The Morgan fingerprint density at radius 2 is 2.29 bits per heavy atom. The van der Waals surface area contributed by atoms with Gasteiger partial charge >= 0.3 is 5.97 Å². The Morgan fingerprint density at radius 3 is 2.88 bits per heavy atom. The van der Waals surface area contributed by atoms with Crippen molar-refractivity contribution in [1.82, 2.24) is 5.32 Å². The second kappa shape index (κ2) is 6.88. The number of ether oxygens (including phenoxy) is 1. The van der Waals surface area contributed by atoms with Gasteiger partial charge in [0, 0.05) is 6.42 Å². The summed E-state index contributed by atoms with van der Waals surface area (Å²) in [4.78, 5) is 10.7. The lowest BCUT2D eigenvalue weighted by molar-refractivity contribution is -0.139. The van der Waals surface area contributed by atoms with Gasteiger partial charge in [0.2, 0.25) is 0 Å². The third kappa shape index (κ3) is 4.42. The molecule has 17 heavy (non-hydrogen) atoms. The van der Waals surface area contributed by atoms with Crippen LogP contribution in [0.4, 0.5) is 0 Å². The number of carbonyl (C=O) groups is 1. The first-order valence-corrected chi connectivity index (χ1v) is 5.40. The smallest absolute Gasteiger partial charge is 0.320 e. The van der Waals surface area contributed by atoms with E-state index in [4.69, 9.17) is 14.9 Å². The van der Waals surface area contributed by atoms with Crippen molar-refractivity contribution in [3.8, 4) is 5.75 Å². The van der Waals surface area contributed by atoms with Crippen molar-refractivity contribution in [1.29, 1.82) is 0 Å². The number of aliphatic carboxylic acids is 1. The van der Waals surface area contributed by atoms with Crippen molar-refractivity contribution >= 4 is 5.97 Å². The van der Waals surface area contributed by atoms with Gasteiger partial charge in [-0.15, -0.1) is 0 Å². The van der Waals surface area contributed by atoms with Crippen LogP contribution in [0.3, 0.4) is 0 Å². The lowest BCUT2D eigenvalue weighted by atomic mass is 10.2. The first kappa shape index (κ1) is 13.5. The van der Waals surface area contributed by atoms with E-state index in [-0.39, 0.29) is 6.61 Å². The fourth-order valence-corrected chi connectivity index (χ4v) is 1.42. The van der Waals surface area contributed by atoms with Crippen LogP contribution in [0.1, 0.15) is 12.0 Å². The molecule has 0 aliphatic carbocycles. The number of nitrogens with one attached hydrogen (secondary N) is 1. The third-order valence-electron chi connectivity index (χ3n) is 2.40. The maximum Gasteiger partial charge on any atom is 0.320 e. The molecule has 94 valence electrons. The molecule has 0 heterocycles. The summed E-state index contributed by atoms with van der Waals surface area (Å²) in [5, 5.41) is 20.4. The first-order valence-electron chi connectivity index (χ1n) is 5.40. The number of hydrogen-bond acceptors (Lipinski definition) is 4. The standard InChI is InChI=1S/C12H17NO4/c1-13-11(12(15)16)5-6-17-10-4-2-3-9(7-10)8-14/h2-4,7,11,13-14H,5-6,8H2,1H3,(H,15,16). The van der Waals surface area contributed by atoms with Gasteiger partial charge in [-0.05, 0) is 24.7 Å². The van der Waals surface area contributed by atoms with Gasteiger partial charge in [-0.1, -0.05) is 12.1 Å². The first-order chi connectivity index (χ1) is 8.17. The maximum absolute atomic E-state index is 10.7. The molecule has 0 saturated carbocycles. The predicted molar refractivity (Wildman–Crippen MR) is 63.0 cm³/mol. The molecule has 1 rings (SSSR count). The molecule has 0 aromatic heterocycles. The number of carboxylic acid groups (broad SMARTS) is 1. The molecule has 3 N–H and O–H groups in total. The molecule has 1 aromatic rings. The highest BCUT2D eigenvalue weighted by atomic mass is 16.5. The van der Waals surface area contributed by atoms with Crippen molar-refractivity contribution in [2.75, 3.05) is 13.7 Å². The van der Waals surface area contributed by atoms with Crippen molar-refractivity contribution in [2.45, 2.75) is 19.1 Å². The summed E-state index contributed by atoms with van der Waals surface area (Å²) in [6.45, 7) is 0.276. The van der Waals surface area contributed by atoms with Crippen molar-refractivity contribution in [3.05, 3.63) is 29.8 Å². The largest absolute Gasteiger partial charge is 0.494 e. The SMILES string of the molecule is CNC(CCOc1cccc(CO)c1)C(=O)O. The summed E-state index contributed by atoms with van der Waals surface area (Å²) >= 11 is 0. The van der Waals surface area contributed by atoms with Crippen LogP contribution in [-0.2, 0) is 11.4 Å². The van der Waals surface area contributed by atoms with Crippen molar-refractivity contribution < 1.29 is 19.7 Å². The number of aliphatic hydroxyl groups excluding tert-OH is 1. The van der Waals surface area contributed by atoms with Crippen LogP contribution in [0.5, 0.6) is 5.75 Å². The molecule has 0 bridgehead atoms. The van der Waals surface area contributed by atoms with Gasteiger partial charge in [0.1, 0.15) is 11.8 Å². The third-order valence-corrected chi connectivity index (χ3v) is 2.40. The Morgan fingerprint density at radius 1 is 1.53 bits per heavy atom. The summed E-state index contributed by atoms with van der Waals surface area (Å²) in [6, 6.07) is 6.48. The van der Waals surface area contributed by atoms with Crippen molar-refractivity contribution in [3.63, 3.8) is 0 Å². The molecule has 0 fully saturated rings. The van der Waals surface area contributed by atoms with E-state index in [1.807, 2.05) is 0 Å². The molecular weight excluding hydrogens is 222 g/mol. The van der Waals surface area contributed by atoms with Crippen molar-refractivity contribution in [2.24, 2.45) is 0 Å². The summed E-state index contributed by atoms with van der Waals surface area (Å²) in [5.41, 5.74) is 0.769. The maximum atomic E-state index is 10.7. The summed E-state index contributed by atoms with van der Waals surface area (Å²) in [7, 11) is 1.60. The number of benzene rings is 1. The quantitative estimate of drug-likeness (QED) is 0.650. The Balaban J connectivity index is 2.42. The molecule has 0 aliphatic heterocycles. The minimum Gasteiger partial charge on any atom is -0.494 e. The fraction of sp³-hybridized carbons (Fsp3) is 0.417. The van der Waals surface area contributed by atoms with Gasteiger partial charge < -0.3 is 20.3 Å². The molecular formula is C12H17NO4. The zero-order valence-electron chi connectivity index (χ0n) is 9.72. The molecule has 5 heteroatoms. The van der Waals surface area contributed by atoms with Gasteiger partial charge in [-0.3, -0.25) is 4.79 Å². The summed E-state index contributed by atoms with van der Waals surface area (Å²) in [6.07, 6.45) is 0.384. The van der Waals surface area contributed by atoms with E-state index in [0.717, 1.165) is 5.56 Å². The van der Waals surface area contributed by atoms with Crippen LogP contribution in [0, 0.1) is 0 Å². The zero-order chi connectivity index (χ0) is 12.7. The number of rotatable bonds is 7. The molecule has 5 nitrogen and oxygen atoms in total. The lowest BCUT2D eigenvalue weighted by Gasteiger charge is -2.12. The minimum atomic E-state index is -0.889. The van der Waals surface area contributed by atoms with Gasteiger partial charge in [-0.25, -0.2) is 0 Å². The molecule has 0 amide bonds. The second-order valence-corrected chi connectivity index (χ2v) is 3.62. The molecule has 0 radical (unpaired) electrons. The molecule has 1 atom stereocenters. The number of carboxylic acids is 1. The normalized spacial score (nSPS) is 12.1. The van der Waals surface area contributed by atoms with Gasteiger partial charge in [0.25, 0.3) is 0 Å². The van der Waals surface area contributed by atoms with Gasteiger partial charge in [0.05, 0.1) is 13.2 Å². The highest BCUT2D eigenvalue weighted by Crippen LogP contribution is 2.13. The van der Waals surface area contributed by atoms with E-state index in [2.05, 4.69) is 5.32 Å². The molecule has 1 unspecified atom stereocenters. The fourth-order valence-electron chi connectivity index (χ4n) is 1.42. The Kier molecular flexibility index (Phi) is 5.45. The van der Waals surface area contributed by atoms with Crippen LogP contribution in [0.15, 0.2) is 24.3 Å². The number of aliphatic hydroxyl groups is 1. The monoisotopic (exact) mass is 239 g/mol. The predicted octanol–water partition coefficient (Wildman–Crippen LogP) is 0.620. The van der Waals surface area contributed by atoms with Gasteiger partial charge in [-0.2, -0.15) is 0 Å².